The van der Waals surface area contributed by atoms with E-state index < -0.39 is 0 Å². The summed E-state index contributed by atoms with van der Waals surface area (Å²) in [5.74, 6) is 0. The quantitative estimate of drug-likeness (QED) is 0.804. The fourth-order valence-electron chi connectivity index (χ4n) is 3.25. The molecule has 0 spiro atoms. The van der Waals surface area contributed by atoms with Gasteiger partial charge < -0.3 is 15.3 Å². The molecule has 2 N–H and O–H groups in total. The second kappa shape index (κ2) is 7.79. The third-order valence-electron chi connectivity index (χ3n) is 4.57. The van der Waals surface area contributed by atoms with Gasteiger partial charge in [-0.1, -0.05) is 6.92 Å². The van der Waals surface area contributed by atoms with Crippen molar-refractivity contribution < 1.29 is 5.11 Å². The molecule has 2 fully saturated rings. The molecule has 0 radical (unpaired) electrons. The highest BCUT2D eigenvalue weighted by atomic mass is 35.5. The van der Waals surface area contributed by atoms with Gasteiger partial charge in [0.15, 0.2) is 0 Å². The third kappa shape index (κ3) is 4.87. The third-order valence-corrected chi connectivity index (χ3v) is 4.57. The Labute approximate surface area is 123 Å². The van der Waals surface area contributed by atoms with Gasteiger partial charge in [0.05, 0.1) is 6.61 Å². The molecule has 0 saturated carbocycles. The van der Waals surface area contributed by atoms with E-state index in [0.29, 0.717) is 11.5 Å². The summed E-state index contributed by atoms with van der Waals surface area (Å²) in [5.41, 5.74) is 0.470. The van der Waals surface area contributed by atoms with E-state index in [0.717, 1.165) is 19.6 Å². The summed E-state index contributed by atoms with van der Waals surface area (Å²) >= 11 is 0. The molecule has 0 aliphatic carbocycles. The molecule has 2 heterocycles. The van der Waals surface area contributed by atoms with Crippen molar-refractivity contribution in [3.05, 3.63) is 0 Å². The number of halogens is 1. The van der Waals surface area contributed by atoms with Crippen LogP contribution in [0.15, 0.2) is 0 Å². The summed E-state index contributed by atoms with van der Waals surface area (Å²) in [6, 6.07) is 0.314. The Kier molecular flexibility index (Phi) is 7.05. The lowest BCUT2D eigenvalue weighted by molar-refractivity contribution is 0.131. The Bertz CT molecular complexity index is 259. The van der Waals surface area contributed by atoms with E-state index in [2.05, 4.69) is 29.0 Å². The van der Waals surface area contributed by atoms with Gasteiger partial charge in [0.1, 0.15) is 0 Å². The van der Waals surface area contributed by atoms with Gasteiger partial charge in [-0.3, -0.25) is 4.90 Å². The highest BCUT2D eigenvalue weighted by Gasteiger charge is 2.31. The van der Waals surface area contributed by atoms with Crippen molar-refractivity contribution in [1.82, 2.24) is 15.1 Å². The minimum Gasteiger partial charge on any atom is -0.395 e. The smallest absolute Gasteiger partial charge is 0.0584 e. The number of rotatable bonds is 4. The average molecular weight is 292 g/mol. The lowest BCUT2D eigenvalue weighted by Crippen LogP contribution is -2.41. The van der Waals surface area contributed by atoms with Crippen molar-refractivity contribution in [3.8, 4) is 0 Å². The van der Waals surface area contributed by atoms with Crippen LogP contribution in [0.5, 0.6) is 0 Å². The summed E-state index contributed by atoms with van der Waals surface area (Å²) in [6.45, 7) is 13.0. The fraction of sp³-hybridized carbons (Fsp3) is 1.00. The van der Waals surface area contributed by atoms with E-state index in [1.165, 1.54) is 39.0 Å². The first-order chi connectivity index (χ1) is 8.63. The van der Waals surface area contributed by atoms with Gasteiger partial charge in [0.25, 0.3) is 0 Å². The lowest BCUT2D eigenvalue weighted by Gasteiger charge is -2.31. The van der Waals surface area contributed by atoms with Crippen LogP contribution in [-0.4, -0.2) is 73.4 Å². The van der Waals surface area contributed by atoms with Crippen LogP contribution < -0.4 is 5.32 Å². The first-order valence-corrected chi connectivity index (χ1v) is 7.41. The molecule has 4 nitrogen and oxygen atoms in total. The van der Waals surface area contributed by atoms with Gasteiger partial charge in [-0.15, -0.1) is 12.4 Å². The average Bonchev–Trinajstić information content (AvgIpc) is 2.65. The zero-order chi connectivity index (χ0) is 13.0. The summed E-state index contributed by atoms with van der Waals surface area (Å²) in [4.78, 5) is 5.05. The molecule has 2 aliphatic heterocycles. The van der Waals surface area contributed by atoms with Gasteiger partial charge in [-0.2, -0.15) is 0 Å². The number of hydrogen-bond acceptors (Lipinski definition) is 4. The Morgan fingerprint density at radius 3 is 2.68 bits per heavy atom. The second-order valence-electron chi connectivity index (χ2n) is 6.43. The lowest BCUT2D eigenvalue weighted by atomic mass is 9.89. The van der Waals surface area contributed by atoms with Crippen LogP contribution in [0.25, 0.3) is 0 Å². The number of aliphatic hydroxyl groups excluding tert-OH is 1. The minimum absolute atomic E-state index is 0. The Morgan fingerprint density at radius 2 is 2.05 bits per heavy atom. The van der Waals surface area contributed by atoms with Crippen LogP contribution in [0.4, 0.5) is 0 Å². The van der Waals surface area contributed by atoms with Crippen molar-refractivity contribution in [2.24, 2.45) is 5.41 Å². The second-order valence-corrected chi connectivity index (χ2v) is 6.43. The molecular weight excluding hydrogens is 262 g/mol. The van der Waals surface area contributed by atoms with E-state index in [1.54, 1.807) is 0 Å². The SMILES string of the molecule is CC(CO)N1CCCN(CC2(C)CCNC2)CC1.Cl. The summed E-state index contributed by atoms with van der Waals surface area (Å²) in [7, 11) is 0. The number of aliphatic hydroxyl groups is 1. The molecule has 0 aromatic heterocycles. The Hall–Kier alpha value is 0.130. The predicted octanol–water partition coefficient (Wildman–Crippen LogP) is 0.796. The van der Waals surface area contributed by atoms with Gasteiger partial charge in [-0.05, 0) is 44.8 Å². The highest BCUT2D eigenvalue weighted by Crippen LogP contribution is 2.26. The van der Waals surface area contributed by atoms with Crippen LogP contribution in [0, 0.1) is 5.41 Å². The summed E-state index contributed by atoms with van der Waals surface area (Å²) in [6.07, 6.45) is 2.54. The maximum Gasteiger partial charge on any atom is 0.0584 e. The van der Waals surface area contributed by atoms with Crippen LogP contribution in [0.3, 0.4) is 0 Å². The predicted molar refractivity (Wildman–Crippen MR) is 82.0 cm³/mol. The molecule has 0 bridgehead atoms. The number of nitrogens with one attached hydrogen (secondary N) is 1. The van der Waals surface area contributed by atoms with Gasteiger partial charge >= 0.3 is 0 Å². The largest absolute Gasteiger partial charge is 0.395 e. The molecule has 2 rings (SSSR count). The fourth-order valence-corrected chi connectivity index (χ4v) is 3.25. The number of nitrogens with zero attached hydrogens (tertiary/aromatic N) is 2. The van der Waals surface area contributed by atoms with Gasteiger partial charge in [0, 0.05) is 32.2 Å². The normalized spacial score (nSPS) is 31.7. The van der Waals surface area contributed by atoms with E-state index >= 15 is 0 Å². The molecule has 0 amide bonds. The van der Waals surface area contributed by atoms with Crippen LogP contribution in [0.1, 0.15) is 26.7 Å². The summed E-state index contributed by atoms with van der Waals surface area (Å²) in [5, 5.41) is 12.7. The van der Waals surface area contributed by atoms with Crippen molar-refractivity contribution in [3.63, 3.8) is 0 Å². The number of hydrogen-bond donors (Lipinski definition) is 2. The molecule has 2 unspecified atom stereocenters. The first kappa shape index (κ1) is 17.2. The van der Waals surface area contributed by atoms with E-state index in [-0.39, 0.29) is 19.0 Å². The molecular formula is C14H30ClN3O. The molecule has 0 aromatic rings. The topological polar surface area (TPSA) is 38.7 Å². The van der Waals surface area contributed by atoms with Crippen molar-refractivity contribution in [1.29, 1.82) is 0 Å². The minimum atomic E-state index is 0. The Balaban J connectivity index is 0.00000180. The van der Waals surface area contributed by atoms with E-state index in [4.69, 9.17) is 0 Å². The van der Waals surface area contributed by atoms with Crippen LogP contribution >= 0.6 is 12.4 Å². The molecule has 2 aliphatic rings. The van der Waals surface area contributed by atoms with Crippen molar-refractivity contribution >= 4 is 12.4 Å². The van der Waals surface area contributed by atoms with Crippen LogP contribution in [0.2, 0.25) is 0 Å². The molecule has 5 heteroatoms. The molecule has 0 aromatic carbocycles. The standard InChI is InChI=1S/C14H29N3O.ClH/c1-13(10-18)17-7-3-6-16(8-9-17)12-14(2)4-5-15-11-14;/h13,15,18H,3-12H2,1-2H3;1H. The van der Waals surface area contributed by atoms with Crippen molar-refractivity contribution in [2.75, 3.05) is 52.4 Å². The maximum absolute atomic E-state index is 9.25. The maximum atomic E-state index is 9.25. The van der Waals surface area contributed by atoms with Crippen LogP contribution in [-0.2, 0) is 0 Å². The molecule has 2 atom stereocenters. The zero-order valence-corrected chi connectivity index (χ0v) is 13.2. The zero-order valence-electron chi connectivity index (χ0n) is 12.4. The van der Waals surface area contributed by atoms with Crippen molar-refractivity contribution in [2.45, 2.75) is 32.7 Å². The molecule has 114 valence electrons. The van der Waals surface area contributed by atoms with Gasteiger partial charge in [0.2, 0.25) is 0 Å². The monoisotopic (exact) mass is 291 g/mol. The summed E-state index contributed by atoms with van der Waals surface area (Å²) < 4.78 is 0. The first-order valence-electron chi connectivity index (χ1n) is 7.41. The van der Waals surface area contributed by atoms with Gasteiger partial charge in [-0.25, -0.2) is 0 Å². The molecule has 19 heavy (non-hydrogen) atoms. The Morgan fingerprint density at radius 1 is 1.26 bits per heavy atom. The highest BCUT2D eigenvalue weighted by molar-refractivity contribution is 5.85. The van der Waals surface area contributed by atoms with E-state index in [9.17, 15) is 5.11 Å². The van der Waals surface area contributed by atoms with E-state index in [1.807, 2.05) is 0 Å². The molecule has 2 saturated heterocycles.